The number of aliphatic hydroxyl groups excluding tert-OH is 4. The number of rotatable bonds is 2. The molecule has 0 aromatic carbocycles. The van der Waals surface area contributed by atoms with Gasteiger partial charge >= 0.3 is 29.6 Å². The number of carbonyl (C=O) groups is 1. The molecule has 1 aliphatic rings. The molecule has 1 rings (SSSR count). The van der Waals surface area contributed by atoms with Gasteiger partial charge in [-0.15, -0.1) is 0 Å². The number of carbonyl (C=O) groups excluding carboxylic acids is 1. The SMILES string of the molecule is O=C([O-])C1O[C@H](CO)[C@@H](O)[C@H](O)[C@@H]1O.[Na+]. The number of carboxylic acid groups (broad SMARTS) is 1. The van der Waals surface area contributed by atoms with E-state index in [4.69, 9.17) is 10.2 Å². The van der Waals surface area contributed by atoms with Crippen LogP contribution in [0.4, 0.5) is 0 Å². The Bertz CT molecular complexity index is 221. The van der Waals surface area contributed by atoms with E-state index in [-0.39, 0.29) is 29.6 Å². The Morgan fingerprint density at radius 3 is 2.13 bits per heavy atom. The maximum absolute atomic E-state index is 10.4. The zero-order valence-electron chi connectivity index (χ0n) is 8.11. The average Bonchev–Trinajstić information content (AvgIpc) is 2.14. The molecule has 15 heavy (non-hydrogen) atoms. The minimum absolute atomic E-state index is 0. The van der Waals surface area contributed by atoms with E-state index in [1.165, 1.54) is 0 Å². The van der Waals surface area contributed by atoms with Crippen LogP contribution in [0.3, 0.4) is 0 Å². The van der Waals surface area contributed by atoms with Crippen molar-refractivity contribution in [2.24, 2.45) is 0 Å². The average molecular weight is 230 g/mol. The molecule has 1 heterocycles. The van der Waals surface area contributed by atoms with Crippen molar-refractivity contribution < 1.29 is 64.6 Å². The van der Waals surface area contributed by atoms with E-state index in [9.17, 15) is 20.1 Å². The molecule has 0 aromatic rings. The summed E-state index contributed by atoms with van der Waals surface area (Å²) in [6, 6.07) is 0. The number of aliphatic hydroxyl groups is 4. The van der Waals surface area contributed by atoms with E-state index < -0.39 is 43.1 Å². The van der Waals surface area contributed by atoms with Gasteiger partial charge in [0.15, 0.2) is 0 Å². The first-order valence-electron chi connectivity index (χ1n) is 4.00. The van der Waals surface area contributed by atoms with Crippen molar-refractivity contribution >= 4 is 5.97 Å². The van der Waals surface area contributed by atoms with Gasteiger partial charge in [0.1, 0.15) is 30.5 Å². The topological polar surface area (TPSA) is 130 Å². The minimum atomic E-state index is -1.77. The zero-order valence-corrected chi connectivity index (χ0v) is 10.1. The second kappa shape index (κ2) is 6.12. The summed E-state index contributed by atoms with van der Waals surface area (Å²) in [6.07, 6.45) is -7.95. The van der Waals surface area contributed by atoms with Crippen LogP contribution in [0.25, 0.3) is 0 Å². The predicted molar refractivity (Wildman–Crippen MR) is 38.8 cm³/mol. The van der Waals surface area contributed by atoms with Crippen LogP contribution in [0, 0.1) is 0 Å². The van der Waals surface area contributed by atoms with Gasteiger partial charge in [-0.3, -0.25) is 0 Å². The summed E-state index contributed by atoms with van der Waals surface area (Å²) < 4.78 is 4.62. The fourth-order valence-electron chi connectivity index (χ4n) is 1.30. The molecule has 0 amide bonds. The predicted octanol–water partition coefficient (Wildman–Crippen LogP) is -7.42. The van der Waals surface area contributed by atoms with Crippen LogP contribution in [-0.4, -0.2) is 63.5 Å². The Morgan fingerprint density at radius 1 is 1.20 bits per heavy atom. The molecule has 0 aliphatic carbocycles. The van der Waals surface area contributed by atoms with Gasteiger partial charge in [-0.1, -0.05) is 0 Å². The second-order valence-corrected chi connectivity index (χ2v) is 3.07. The van der Waals surface area contributed by atoms with Gasteiger partial charge < -0.3 is 35.1 Å². The van der Waals surface area contributed by atoms with Crippen molar-refractivity contribution in [3.05, 3.63) is 0 Å². The van der Waals surface area contributed by atoms with E-state index in [1.807, 2.05) is 0 Å². The normalized spacial score (nSPS) is 40.7. The summed E-state index contributed by atoms with van der Waals surface area (Å²) in [6.45, 7) is -0.658. The second-order valence-electron chi connectivity index (χ2n) is 3.07. The minimum Gasteiger partial charge on any atom is -0.547 e. The zero-order chi connectivity index (χ0) is 10.9. The van der Waals surface area contributed by atoms with Gasteiger partial charge in [0.25, 0.3) is 0 Å². The Kier molecular flexibility index (Phi) is 6.23. The molecule has 82 valence electrons. The molecule has 0 aromatic heterocycles. The van der Waals surface area contributed by atoms with Gasteiger partial charge in [0.2, 0.25) is 0 Å². The standard InChI is InChI=1S/C7H12O7.Na/c8-1-2-3(9)4(10)5(11)6(14-2)7(12)13;/h2-6,8-11H,1H2,(H,12,13);/q;+1/p-1/t2-,3-,4+,5+,6?;/m1./s1. The molecule has 1 fully saturated rings. The molecule has 0 spiro atoms. The Morgan fingerprint density at radius 2 is 1.73 bits per heavy atom. The molecule has 7 nitrogen and oxygen atoms in total. The first kappa shape index (κ1) is 15.3. The number of aliphatic carboxylic acids is 1. The molecule has 1 saturated heterocycles. The van der Waals surface area contributed by atoms with Crippen molar-refractivity contribution in [3.63, 3.8) is 0 Å². The van der Waals surface area contributed by atoms with Crippen molar-refractivity contribution in [1.29, 1.82) is 0 Å². The van der Waals surface area contributed by atoms with E-state index in [0.29, 0.717) is 0 Å². The van der Waals surface area contributed by atoms with Crippen molar-refractivity contribution in [3.8, 4) is 0 Å². The Hall–Kier alpha value is 0.270. The third-order valence-corrected chi connectivity index (χ3v) is 2.12. The summed E-state index contributed by atoms with van der Waals surface area (Å²) >= 11 is 0. The molecule has 5 atom stereocenters. The van der Waals surface area contributed by atoms with Crippen molar-refractivity contribution in [2.75, 3.05) is 6.61 Å². The Balaban J connectivity index is 0.00000196. The molecule has 0 saturated carbocycles. The quantitative estimate of drug-likeness (QED) is 0.346. The molecule has 8 heteroatoms. The maximum Gasteiger partial charge on any atom is 1.00 e. The molecular weight excluding hydrogens is 219 g/mol. The molecular formula is C7H11NaO7. The van der Waals surface area contributed by atoms with Crippen LogP contribution in [0.2, 0.25) is 0 Å². The summed E-state index contributed by atoms with van der Waals surface area (Å²) in [5, 5.41) is 46.6. The smallest absolute Gasteiger partial charge is 0.547 e. The third kappa shape index (κ3) is 3.11. The van der Waals surface area contributed by atoms with Crippen LogP contribution >= 0.6 is 0 Å². The van der Waals surface area contributed by atoms with Crippen LogP contribution < -0.4 is 34.7 Å². The van der Waals surface area contributed by atoms with Crippen LogP contribution in [0.5, 0.6) is 0 Å². The molecule has 0 radical (unpaired) electrons. The van der Waals surface area contributed by atoms with Gasteiger partial charge in [0, 0.05) is 0 Å². The van der Waals surface area contributed by atoms with E-state index >= 15 is 0 Å². The molecule has 4 N–H and O–H groups in total. The van der Waals surface area contributed by atoms with Crippen molar-refractivity contribution in [1.82, 2.24) is 0 Å². The fourth-order valence-corrected chi connectivity index (χ4v) is 1.30. The van der Waals surface area contributed by atoms with Gasteiger partial charge in [-0.25, -0.2) is 0 Å². The molecule has 1 aliphatic heterocycles. The third-order valence-electron chi connectivity index (χ3n) is 2.12. The number of hydrogen-bond donors (Lipinski definition) is 4. The van der Waals surface area contributed by atoms with E-state index in [2.05, 4.69) is 4.74 Å². The van der Waals surface area contributed by atoms with Gasteiger partial charge in [-0.05, 0) is 0 Å². The van der Waals surface area contributed by atoms with Gasteiger partial charge in [0.05, 0.1) is 12.6 Å². The van der Waals surface area contributed by atoms with Crippen LogP contribution in [0.1, 0.15) is 0 Å². The number of hydrogen-bond acceptors (Lipinski definition) is 7. The summed E-state index contributed by atoms with van der Waals surface area (Å²) in [5.74, 6) is -1.71. The summed E-state index contributed by atoms with van der Waals surface area (Å²) in [5.41, 5.74) is 0. The largest absolute Gasteiger partial charge is 1.00 e. The summed E-state index contributed by atoms with van der Waals surface area (Å²) in [7, 11) is 0. The maximum atomic E-state index is 10.4. The first-order chi connectivity index (χ1) is 6.49. The Labute approximate surface area is 108 Å². The fraction of sp³-hybridized carbons (Fsp3) is 0.857. The first-order valence-corrected chi connectivity index (χ1v) is 4.00. The monoisotopic (exact) mass is 230 g/mol. The summed E-state index contributed by atoms with van der Waals surface area (Å²) in [4.78, 5) is 10.4. The van der Waals surface area contributed by atoms with E-state index in [1.54, 1.807) is 0 Å². The van der Waals surface area contributed by atoms with Crippen molar-refractivity contribution in [2.45, 2.75) is 30.5 Å². The molecule has 0 bridgehead atoms. The van der Waals surface area contributed by atoms with E-state index in [0.717, 1.165) is 0 Å². The van der Waals surface area contributed by atoms with Gasteiger partial charge in [-0.2, -0.15) is 0 Å². The number of ether oxygens (including phenoxy) is 1. The van der Waals surface area contributed by atoms with Crippen LogP contribution in [-0.2, 0) is 9.53 Å². The molecule has 1 unspecified atom stereocenters. The van der Waals surface area contributed by atoms with Crippen LogP contribution in [0.15, 0.2) is 0 Å². The number of carboxylic acids is 1.